The van der Waals surface area contributed by atoms with E-state index in [1.165, 1.54) is 0 Å². The largest absolute Gasteiger partial charge is 0.386 e. The Morgan fingerprint density at radius 2 is 1.76 bits per heavy atom. The lowest BCUT2D eigenvalue weighted by molar-refractivity contribution is 0.0802. The van der Waals surface area contributed by atoms with Crippen LogP contribution in [0.1, 0.15) is 36.1 Å². The molecule has 0 fully saturated rings. The molecule has 5 nitrogen and oxygen atoms in total. The molecule has 6 heteroatoms. The van der Waals surface area contributed by atoms with E-state index in [-0.39, 0.29) is 11.4 Å². The number of fused-ring (bicyclic) bond motifs is 2. The van der Waals surface area contributed by atoms with Crippen molar-refractivity contribution in [2.45, 2.75) is 39.8 Å². The van der Waals surface area contributed by atoms with Crippen molar-refractivity contribution in [1.29, 1.82) is 0 Å². The van der Waals surface area contributed by atoms with Gasteiger partial charge in [-0.25, -0.2) is 4.39 Å². The van der Waals surface area contributed by atoms with Crippen LogP contribution in [0.25, 0.3) is 32.9 Å². The molecule has 5 aromatic rings. The summed E-state index contributed by atoms with van der Waals surface area (Å²) in [5.74, 6) is -0.228. The molecular weight excluding hydrogens is 429 g/mol. The van der Waals surface area contributed by atoms with Crippen LogP contribution in [0.3, 0.4) is 0 Å². The lowest BCUT2D eigenvalue weighted by Crippen LogP contribution is -2.16. The number of benzene rings is 2. The second-order valence-electron chi connectivity index (χ2n) is 9.70. The minimum atomic E-state index is -1.07. The maximum Gasteiger partial charge on any atom is 0.272 e. The second kappa shape index (κ2) is 7.71. The number of nitrogens with zero attached hydrogens (tertiary/aromatic N) is 2. The van der Waals surface area contributed by atoms with Crippen LogP contribution in [-0.4, -0.2) is 19.2 Å². The van der Waals surface area contributed by atoms with E-state index >= 15 is 0 Å². The first-order valence-corrected chi connectivity index (χ1v) is 11.3. The molecule has 174 valence electrons. The average Bonchev–Trinajstić information content (AvgIpc) is 3.31. The summed E-state index contributed by atoms with van der Waals surface area (Å²) in [5, 5.41) is 12.8. The number of aromatic nitrogens is 3. The molecular formula is C28H28FN3O2. The summed E-state index contributed by atoms with van der Waals surface area (Å²) >= 11 is 0. The van der Waals surface area contributed by atoms with Gasteiger partial charge in [-0.1, -0.05) is 0 Å². The van der Waals surface area contributed by atoms with E-state index in [9.17, 15) is 14.3 Å². The highest BCUT2D eigenvalue weighted by Gasteiger charge is 2.23. The highest BCUT2D eigenvalue weighted by Crippen LogP contribution is 2.37. The summed E-state index contributed by atoms with van der Waals surface area (Å²) in [6.07, 6.45) is 5.63. The molecule has 0 atom stereocenters. The van der Waals surface area contributed by atoms with Gasteiger partial charge < -0.3 is 19.2 Å². The summed E-state index contributed by atoms with van der Waals surface area (Å²) < 4.78 is 17.8. The number of aromatic amines is 1. The van der Waals surface area contributed by atoms with E-state index in [4.69, 9.17) is 0 Å². The van der Waals surface area contributed by atoms with E-state index in [1.807, 2.05) is 56.1 Å². The van der Waals surface area contributed by atoms with Crippen LogP contribution in [0.2, 0.25) is 0 Å². The van der Waals surface area contributed by atoms with E-state index < -0.39 is 5.60 Å². The Labute approximate surface area is 197 Å². The third kappa shape index (κ3) is 3.55. The molecule has 0 saturated carbocycles. The fourth-order valence-corrected chi connectivity index (χ4v) is 5.05. The minimum absolute atomic E-state index is 0.138. The van der Waals surface area contributed by atoms with Gasteiger partial charge in [-0.15, -0.1) is 0 Å². The van der Waals surface area contributed by atoms with Crippen molar-refractivity contribution in [3.05, 3.63) is 93.4 Å². The Kier molecular flexibility index (Phi) is 5.02. The van der Waals surface area contributed by atoms with Crippen LogP contribution < -0.4 is 5.56 Å². The third-order valence-corrected chi connectivity index (χ3v) is 6.75. The molecule has 0 unspecified atom stereocenters. The molecule has 0 saturated heterocycles. The first-order chi connectivity index (χ1) is 16.0. The van der Waals surface area contributed by atoms with E-state index in [0.29, 0.717) is 12.1 Å². The van der Waals surface area contributed by atoms with Crippen LogP contribution in [0.15, 0.2) is 59.8 Å². The molecule has 5 rings (SSSR count). The van der Waals surface area contributed by atoms with Crippen molar-refractivity contribution >= 4 is 21.8 Å². The highest BCUT2D eigenvalue weighted by molar-refractivity contribution is 5.99. The van der Waals surface area contributed by atoms with Crippen molar-refractivity contribution in [1.82, 2.24) is 14.1 Å². The predicted molar refractivity (Wildman–Crippen MR) is 135 cm³/mol. The Morgan fingerprint density at radius 1 is 1.06 bits per heavy atom. The van der Waals surface area contributed by atoms with E-state index in [2.05, 4.69) is 15.6 Å². The number of aryl methyl sites for hydroxylation is 3. The molecule has 0 bridgehead atoms. The lowest BCUT2D eigenvalue weighted by atomic mass is 9.91. The third-order valence-electron chi connectivity index (χ3n) is 6.75. The van der Waals surface area contributed by atoms with Gasteiger partial charge in [-0.2, -0.15) is 0 Å². The topological polar surface area (TPSA) is 62.9 Å². The Hall–Kier alpha value is -3.64. The Morgan fingerprint density at radius 3 is 2.44 bits per heavy atom. The maximum absolute atomic E-state index is 13.9. The molecule has 2 N–H and O–H groups in total. The van der Waals surface area contributed by atoms with Crippen molar-refractivity contribution < 1.29 is 9.50 Å². The fourth-order valence-electron chi connectivity index (χ4n) is 5.05. The molecule has 3 aromatic heterocycles. The van der Waals surface area contributed by atoms with Crippen molar-refractivity contribution in [2.75, 3.05) is 0 Å². The van der Waals surface area contributed by atoms with Gasteiger partial charge in [0.15, 0.2) is 0 Å². The molecule has 2 aromatic carbocycles. The molecule has 0 radical (unpaired) electrons. The summed E-state index contributed by atoms with van der Waals surface area (Å²) in [7, 11) is 1.86. The average molecular weight is 458 g/mol. The number of nitrogens with one attached hydrogen (secondary N) is 1. The number of halogens is 1. The summed E-state index contributed by atoms with van der Waals surface area (Å²) in [6, 6.07) is 11.2. The molecule has 0 aliphatic carbocycles. The van der Waals surface area contributed by atoms with Crippen LogP contribution in [0, 0.1) is 19.7 Å². The second-order valence-corrected chi connectivity index (χ2v) is 9.70. The minimum Gasteiger partial charge on any atom is -0.386 e. The van der Waals surface area contributed by atoms with Gasteiger partial charge in [0, 0.05) is 54.0 Å². The fraction of sp³-hybridized carbons (Fsp3) is 0.250. The number of pyridine rings is 1. The summed E-state index contributed by atoms with van der Waals surface area (Å²) in [4.78, 5) is 15.2. The molecule has 0 spiro atoms. The maximum atomic E-state index is 13.9. The van der Waals surface area contributed by atoms with Crippen molar-refractivity contribution in [3.8, 4) is 11.1 Å². The number of H-pyrrole nitrogens is 1. The van der Waals surface area contributed by atoms with E-state index in [0.717, 1.165) is 49.7 Å². The highest BCUT2D eigenvalue weighted by atomic mass is 19.1. The van der Waals surface area contributed by atoms with Gasteiger partial charge in [0.25, 0.3) is 5.56 Å². The van der Waals surface area contributed by atoms with Crippen LogP contribution in [-0.2, 0) is 19.2 Å². The SMILES string of the molecule is Cc1cc(F)cc(C)c1Cn1ccc2c(C(C)(C)O)cc(-c3cn(C)c4c(=O)[nH]ccc34)cc21. The van der Waals surface area contributed by atoms with Crippen LogP contribution in [0.5, 0.6) is 0 Å². The van der Waals surface area contributed by atoms with Gasteiger partial charge >= 0.3 is 0 Å². The van der Waals surface area contributed by atoms with Gasteiger partial charge in [0.1, 0.15) is 11.3 Å². The number of hydrogen-bond donors (Lipinski definition) is 2. The zero-order valence-corrected chi connectivity index (χ0v) is 20.0. The first kappa shape index (κ1) is 22.2. The predicted octanol–water partition coefficient (Wildman–Crippen LogP) is 5.52. The molecule has 0 amide bonds. The zero-order chi connectivity index (χ0) is 24.4. The zero-order valence-electron chi connectivity index (χ0n) is 20.0. The van der Waals surface area contributed by atoms with Gasteiger partial charge in [0.2, 0.25) is 0 Å². The molecule has 34 heavy (non-hydrogen) atoms. The standard InChI is InChI=1S/C28H28FN3O2/c1-16-10-19(29)11-17(2)22(16)15-32-9-7-21-24(28(3,4)34)12-18(13-25(21)32)23-14-31(5)26-20(23)6-8-30-27(26)33/h6-14,34H,15H2,1-5H3,(H,30,33). The number of hydrogen-bond acceptors (Lipinski definition) is 2. The normalized spacial score (nSPS) is 12.2. The molecule has 0 aliphatic heterocycles. The number of aliphatic hydroxyl groups is 1. The summed E-state index contributed by atoms with van der Waals surface area (Å²) in [5.41, 5.74) is 5.93. The van der Waals surface area contributed by atoms with Crippen molar-refractivity contribution in [3.63, 3.8) is 0 Å². The monoisotopic (exact) mass is 457 g/mol. The Balaban J connectivity index is 1.76. The van der Waals surface area contributed by atoms with Gasteiger partial charge in [-0.05, 0) is 91.9 Å². The van der Waals surface area contributed by atoms with E-state index in [1.54, 1.807) is 32.2 Å². The lowest BCUT2D eigenvalue weighted by Gasteiger charge is -2.21. The van der Waals surface area contributed by atoms with Crippen LogP contribution >= 0.6 is 0 Å². The summed E-state index contributed by atoms with van der Waals surface area (Å²) in [6.45, 7) is 8.01. The van der Waals surface area contributed by atoms with Crippen LogP contribution in [0.4, 0.5) is 4.39 Å². The smallest absolute Gasteiger partial charge is 0.272 e. The van der Waals surface area contributed by atoms with Gasteiger partial charge in [0.05, 0.1) is 5.60 Å². The van der Waals surface area contributed by atoms with Gasteiger partial charge in [-0.3, -0.25) is 4.79 Å². The number of rotatable bonds is 4. The Bertz CT molecular complexity index is 1610. The molecule has 0 aliphatic rings. The quantitative estimate of drug-likeness (QED) is 0.373. The molecule has 3 heterocycles. The first-order valence-electron chi connectivity index (χ1n) is 11.3. The van der Waals surface area contributed by atoms with Crippen molar-refractivity contribution in [2.24, 2.45) is 7.05 Å².